The maximum absolute atomic E-state index is 4.98. The highest BCUT2D eigenvalue weighted by atomic mass is 32.1. The molecular weight excluding hydrogens is 174 g/mol. The van der Waals surface area contributed by atoms with E-state index in [1.54, 1.807) is 0 Å². The zero-order chi connectivity index (χ0) is 8.39. The van der Waals surface area contributed by atoms with Gasteiger partial charge in [-0.3, -0.25) is 4.84 Å². The van der Waals surface area contributed by atoms with E-state index in [0.29, 0.717) is 6.61 Å². The predicted molar refractivity (Wildman–Crippen MR) is 46.4 cm³/mol. The molecule has 2 N–H and O–H groups in total. The van der Waals surface area contributed by atoms with Crippen molar-refractivity contribution in [3.05, 3.63) is 23.8 Å². The molecule has 0 amide bonds. The van der Waals surface area contributed by atoms with Crippen molar-refractivity contribution in [3.63, 3.8) is 0 Å². The molecule has 0 fully saturated rings. The Morgan fingerprint density at radius 3 is 3.17 bits per heavy atom. The van der Waals surface area contributed by atoms with Crippen LogP contribution < -0.4 is 5.90 Å². The smallest absolute Gasteiger partial charge is 0.110 e. The highest BCUT2D eigenvalue weighted by molar-refractivity contribution is 7.00. The van der Waals surface area contributed by atoms with Gasteiger partial charge in [0.15, 0.2) is 0 Å². The maximum atomic E-state index is 4.98. The van der Waals surface area contributed by atoms with Gasteiger partial charge in [0, 0.05) is 5.56 Å². The minimum absolute atomic E-state index is 0.378. The fourth-order valence-electron chi connectivity index (χ4n) is 1.07. The first-order valence-corrected chi connectivity index (χ1v) is 4.16. The van der Waals surface area contributed by atoms with Crippen molar-refractivity contribution in [2.45, 2.75) is 6.61 Å². The number of rotatable bonds is 2. The van der Waals surface area contributed by atoms with Gasteiger partial charge in [0.05, 0.1) is 18.3 Å². The van der Waals surface area contributed by atoms with Gasteiger partial charge in [-0.05, 0) is 6.07 Å². The van der Waals surface area contributed by atoms with E-state index in [9.17, 15) is 0 Å². The van der Waals surface area contributed by atoms with Gasteiger partial charge in [-0.15, -0.1) is 0 Å². The standard InChI is InChI=1S/C7H7N3OS/c8-11-4-5-2-1-3-6-7(5)10-12-9-6/h1-3H,4,8H2. The van der Waals surface area contributed by atoms with Crippen LogP contribution in [0.25, 0.3) is 11.0 Å². The summed E-state index contributed by atoms with van der Waals surface area (Å²) in [6.07, 6.45) is 0. The summed E-state index contributed by atoms with van der Waals surface area (Å²) in [5.41, 5.74) is 2.76. The van der Waals surface area contributed by atoms with Crippen molar-refractivity contribution in [1.29, 1.82) is 0 Å². The average molecular weight is 181 g/mol. The highest BCUT2D eigenvalue weighted by Gasteiger charge is 2.03. The van der Waals surface area contributed by atoms with E-state index >= 15 is 0 Å². The molecule has 0 spiro atoms. The van der Waals surface area contributed by atoms with Gasteiger partial charge in [0.25, 0.3) is 0 Å². The third-order valence-corrected chi connectivity index (χ3v) is 2.15. The van der Waals surface area contributed by atoms with Crippen molar-refractivity contribution in [3.8, 4) is 0 Å². The number of benzene rings is 1. The lowest BCUT2D eigenvalue weighted by atomic mass is 10.2. The second-order valence-electron chi connectivity index (χ2n) is 2.36. The first kappa shape index (κ1) is 7.60. The summed E-state index contributed by atoms with van der Waals surface area (Å²) in [5.74, 6) is 4.98. The molecule has 12 heavy (non-hydrogen) atoms. The third-order valence-electron chi connectivity index (χ3n) is 1.61. The van der Waals surface area contributed by atoms with Crippen LogP contribution in [0.3, 0.4) is 0 Å². The van der Waals surface area contributed by atoms with Gasteiger partial charge in [-0.1, -0.05) is 12.1 Å². The number of hydrogen-bond donors (Lipinski definition) is 1. The Bertz CT molecular complexity index is 387. The summed E-state index contributed by atoms with van der Waals surface area (Å²) in [4.78, 5) is 4.54. The first-order valence-electron chi connectivity index (χ1n) is 3.43. The number of hydrogen-bond acceptors (Lipinski definition) is 5. The lowest BCUT2D eigenvalue weighted by molar-refractivity contribution is 0.125. The molecular formula is C7H7N3OS. The normalized spacial score (nSPS) is 10.8. The molecule has 0 bridgehead atoms. The summed E-state index contributed by atoms with van der Waals surface area (Å²) >= 11 is 1.20. The lowest BCUT2D eigenvalue weighted by Crippen LogP contribution is -1.99. The van der Waals surface area contributed by atoms with Crippen molar-refractivity contribution in [2.24, 2.45) is 5.90 Å². The summed E-state index contributed by atoms with van der Waals surface area (Å²) in [5, 5.41) is 0. The first-order chi connectivity index (χ1) is 5.92. The average Bonchev–Trinajstić information content (AvgIpc) is 2.53. The summed E-state index contributed by atoms with van der Waals surface area (Å²) in [7, 11) is 0. The number of nitrogens with two attached hydrogens (primary N) is 1. The van der Waals surface area contributed by atoms with Crippen LogP contribution in [0.15, 0.2) is 18.2 Å². The van der Waals surface area contributed by atoms with Gasteiger partial charge in [-0.2, -0.15) is 8.75 Å². The van der Waals surface area contributed by atoms with Crippen LogP contribution in [0.5, 0.6) is 0 Å². The number of fused-ring (bicyclic) bond motifs is 1. The van der Waals surface area contributed by atoms with E-state index in [0.717, 1.165) is 16.6 Å². The molecule has 0 aliphatic heterocycles. The van der Waals surface area contributed by atoms with Crippen LogP contribution >= 0.6 is 11.7 Å². The Morgan fingerprint density at radius 1 is 1.42 bits per heavy atom. The fraction of sp³-hybridized carbons (Fsp3) is 0.143. The van der Waals surface area contributed by atoms with E-state index < -0.39 is 0 Å². The second-order valence-corrected chi connectivity index (χ2v) is 2.89. The molecule has 1 heterocycles. The molecule has 0 atom stereocenters. The van der Waals surface area contributed by atoms with Crippen molar-refractivity contribution >= 4 is 22.8 Å². The van der Waals surface area contributed by atoms with E-state index in [1.807, 2.05) is 18.2 Å². The van der Waals surface area contributed by atoms with E-state index in [2.05, 4.69) is 13.6 Å². The number of nitrogens with zero attached hydrogens (tertiary/aromatic N) is 2. The van der Waals surface area contributed by atoms with Gasteiger partial charge in [-0.25, -0.2) is 5.90 Å². The molecule has 5 heteroatoms. The number of aromatic nitrogens is 2. The van der Waals surface area contributed by atoms with Crippen LogP contribution in [0.4, 0.5) is 0 Å². The Hall–Kier alpha value is -1.04. The van der Waals surface area contributed by atoms with E-state index in [1.165, 1.54) is 11.7 Å². The summed E-state index contributed by atoms with van der Waals surface area (Å²) < 4.78 is 8.23. The minimum atomic E-state index is 0.378. The van der Waals surface area contributed by atoms with Crippen molar-refractivity contribution < 1.29 is 4.84 Å². The zero-order valence-corrected chi connectivity index (χ0v) is 7.04. The molecule has 0 aliphatic carbocycles. The monoisotopic (exact) mass is 181 g/mol. The molecule has 0 radical (unpaired) electrons. The Morgan fingerprint density at radius 2 is 2.33 bits per heavy atom. The second kappa shape index (κ2) is 3.14. The predicted octanol–water partition coefficient (Wildman–Crippen LogP) is 1.08. The van der Waals surface area contributed by atoms with E-state index in [-0.39, 0.29) is 0 Å². The van der Waals surface area contributed by atoms with Crippen LogP contribution in [-0.4, -0.2) is 8.75 Å². The van der Waals surface area contributed by atoms with Crippen molar-refractivity contribution in [2.75, 3.05) is 0 Å². The van der Waals surface area contributed by atoms with Gasteiger partial charge in [0.1, 0.15) is 11.0 Å². The van der Waals surface area contributed by atoms with E-state index in [4.69, 9.17) is 5.90 Å². The molecule has 62 valence electrons. The Labute approximate surface area is 73.2 Å². The van der Waals surface area contributed by atoms with Crippen LogP contribution in [0, 0.1) is 0 Å². The van der Waals surface area contributed by atoms with Crippen molar-refractivity contribution in [1.82, 2.24) is 8.75 Å². The molecule has 2 aromatic rings. The molecule has 1 aromatic heterocycles. The maximum Gasteiger partial charge on any atom is 0.110 e. The Balaban J connectivity index is 2.57. The molecule has 0 unspecified atom stereocenters. The summed E-state index contributed by atoms with van der Waals surface area (Å²) in [6.45, 7) is 0.378. The molecule has 2 rings (SSSR count). The van der Waals surface area contributed by atoms with Crippen LogP contribution in [0.1, 0.15) is 5.56 Å². The zero-order valence-electron chi connectivity index (χ0n) is 6.23. The highest BCUT2D eigenvalue weighted by Crippen LogP contribution is 2.16. The summed E-state index contributed by atoms with van der Waals surface area (Å²) in [6, 6.07) is 5.76. The molecule has 0 saturated heterocycles. The largest absolute Gasteiger partial charge is 0.300 e. The molecule has 0 saturated carbocycles. The van der Waals surface area contributed by atoms with Gasteiger partial charge in [0.2, 0.25) is 0 Å². The Kier molecular flexibility index (Phi) is 1.99. The van der Waals surface area contributed by atoms with Crippen LogP contribution in [0.2, 0.25) is 0 Å². The topological polar surface area (TPSA) is 61.0 Å². The van der Waals surface area contributed by atoms with Crippen LogP contribution in [-0.2, 0) is 11.4 Å². The quantitative estimate of drug-likeness (QED) is 0.704. The fourth-order valence-corrected chi connectivity index (χ4v) is 1.64. The molecule has 4 nitrogen and oxygen atoms in total. The minimum Gasteiger partial charge on any atom is -0.300 e. The molecule has 1 aromatic carbocycles. The lowest BCUT2D eigenvalue weighted by Gasteiger charge is -1.97. The third kappa shape index (κ3) is 1.18. The van der Waals surface area contributed by atoms with Gasteiger partial charge < -0.3 is 0 Å². The SMILES string of the molecule is NOCc1cccc2nsnc12. The van der Waals surface area contributed by atoms with Gasteiger partial charge >= 0.3 is 0 Å². The molecule has 0 aliphatic rings.